The van der Waals surface area contributed by atoms with Crippen molar-refractivity contribution in [2.24, 2.45) is 5.73 Å². The van der Waals surface area contributed by atoms with E-state index in [1.54, 1.807) is 6.07 Å². The molecule has 6 heteroatoms. The summed E-state index contributed by atoms with van der Waals surface area (Å²) in [5, 5.41) is 11.0. The summed E-state index contributed by atoms with van der Waals surface area (Å²) in [5.74, 6) is 0.561. The average molecular weight is 279 g/mol. The van der Waals surface area contributed by atoms with Gasteiger partial charge in [-0.05, 0) is 19.3 Å². The normalized spacial score (nSPS) is 16.2. The second-order valence-corrected chi connectivity index (χ2v) is 5.12. The number of hydrogen-bond acceptors (Lipinski definition) is 5. The molecule has 1 aliphatic rings. The van der Waals surface area contributed by atoms with Crippen LogP contribution in [-0.2, 0) is 0 Å². The van der Waals surface area contributed by atoms with Crippen LogP contribution in [0.4, 0.5) is 11.4 Å². The molecule has 0 radical (unpaired) electrons. The maximum absolute atomic E-state index is 11.0. The molecule has 1 aliphatic heterocycles. The molecule has 0 unspecified atom stereocenters. The zero-order chi connectivity index (χ0) is 14.5. The van der Waals surface area contributed by atoms with Crippen LogP contribution in [0.15, 0.2) is 18.2 Å². The molecule has 1 heterocycles. The van der Waals surface area contributed by atoms with Crippen LogP contribution in [0.3, 0.4) is 0 Å². The number of hydrogen-bond donors (Lipinski definition) is 1. The van der Waals surface area contributed by atoms with Gasteiger partial charge in [0.1, 0.15) is 5.75 Å². The molecule has 1 aromatic rings. The van der Waals surface area contributed by atoms with Crippen LogP contribution >= 0.6 is 0 Å². The molecule has 0 aliphatic carbocycles. The van der Waals surface area contributed by atoms with E-state index in [4.69, 9.17) is 10.5 Å². The van der Waals surface area contributed by atoms with E-state index in [0.29, 0.717) is 12.4 Å². The first-order valence-corrected chi connectivity index (χ1v) is 7.03. The smallest absolute Gasteiger partial charge is 0.275 e. The van der Waals surface area contributed by atoms with Gasteiger partial charge in [-0.1, -0.05) is 6.92 Å². The number of nitro benzene ring substituents is 1. The molecule has 0 atom stereocenters. The average Bonchev–Trinajstić information content (AvgIpc) is 2.45. The lowest BCUT2D eigenvalue weighted by Crippen LogP contribution is -2.39. The zero-order valence-corrected chi connectivity index (χ0v) is 11.7. The summed E-state index contributed by atoms with van der Waals surface area (Å²) in [5.41, 5.74) is 6.81. The Balaban J connectivity index is 2.22. The fourth-order valence-corrected chi connectivity index (χ4v) is 2.32. The van der Waals surface area contributed by atoms with E-state index >= 15 is 0 Å². The van der Waals surface area contributed by atoms with Crippen molar-refractivity contribution in [1.82, 2.24) is 0 Å². The first kappa shape index (κ1) is 14.6. The van der Waals surface area contributed by atoms with Crippen LogP contribution in [0.2, 0.25) is 0 Å². The Morgan fingerprint density at radius 2 is 2.10 bits per heavy atom. The topological polar surface area (TPSA) is 81.6 Å². The van der Waals surface area contributed by atoms with Crippen LogP contribution in [-0.4, -0.2) is 30.7 Å². The Labute approximate surface area is 118 Å². The van der Waals surface area contributed by atoms with Gasteiger partial charge in [0.05, 0.1) is 17.6 Å². The van der Waals surface area contributed by atoms with Crippen molar-refractivity contribution in [1.29, 1.82) is 0 Å². The molecule has 0 saturated carbocycles. The number of rotatable bonds is 5. The van der Waals surface area contributed by atoms with E-state index in [2.05, 4.69) is 4.90 Å². The SMILES string of the molecule is CCCOc1cc(N2CCC(N)CC2)cc([N+](=O)[O-])c1. The lowest BCUT2D eigenvalue weighted by molar-refractivity contribution is -0.384. The van der Waals surface area contributed by atoms with Crippen LogP contribution in [0.1, 0.15) is 26.2 Å². The Morgan fingerprint density at radius 3 is 2.70 bits per heavy atom. The van der Waals surface area contributed by atoms with Crippen LogP contribution in [0.5, 0.6) is 5.75 Å². The maximum Gasteiger partial charge on any atom is 0.275 e. The summed E-state index contributed by atoms with van der Waals surface area (Å²) >= 11 is 0. The minimum absolute atomic E-state index is 0.0727. The van der Waals surface area contributed by atoms with E-state index in [1.807, 2.05) is 13.0 Å². The van der Waals surface area contributed by atoms with Gasteiger partial charge in [0.2, 0.25) is 0 Å². The number of nitrogens with two attached hydrogens (primary N) is 1. The molecule has 0 spiro atoms. The minimum Gasteiger partial charge on any atom is -0.493 e. The standard InChI is InChI=1S/C14H21N3O3/c1-2-7-20-14-9-12(8-13(10-14)17(18)19)16-5-3-11(15)4-6-16/h8-11H,2-7,15H2,1H3. The van der Waals surface area contributed by atoms with Crippen LogP contribution in [0, 0.1) is 10.1 Å². The lowest BCUT2D eigenvalue weighted by atomic mass is 10.1. The summed E-state index contributed by atoms with van der Waals surface area (Å²) in [6.45, 7) is 4.22. The van der Waals surface area contributed by atoms with Gasteiger partial charge in [-0.2, -0.15) is 0 Å². The number of ether oxygens (including phenoxy) is 1. The third-order valence-electron chi connectivity index (χ3n) is 3.46. The highest BCUT2D eigenvalue weighted by Crippen LogP contribution is 2.30. The second kappa shape index (κ2) is 6.56. The molecule has 0 aromatic heterocycles. The van der Waals surface area contributed by atoms with Crippen LogP contribution < -0.4 is 15.4 Å². The molecular weight excluding hydrogens is 258 g/mol. The van der Waals surface area contributed by atoms with Gasteiger partial charge in [-0.3, -0.25) is 10.1 Å². The third kappa shape index (κ3) is 3.60. The molecule has 20 heavy (non-hydrogen) atoms. The quantitative estimate of drug-likeness (QED) is 0.660. The van der Waals surface area contributed by atoms with Gasteiger partial charge < -0.3 is 15.4 Å². The first-order chi connectivity index (χ1) is 9.60. The van der Waals surface area contributed by atoms with E-state index in [1.165, 1.54) is 6.07 Å². The summed E-state index contributed by atoms with van der Waals surface area (Å²) in [4.78, 5) is 12.8. The van der Waals surface area contributed by atoms with Gasteiger partial charge in [0.25, 0.3) is 5.69 Å². The second-order valence-electron chi connectivity index (χ2n) is 5.12. The van der Waals surface area contributed by atoms with Gasteiger partial charge in [0.15, 0.2) is 0 Å². The number of non-ortho nitro benzene ring substituents is 1. The number of benzene rings is 1. The number of nitrogens with zero attached hydrogens (tertiary/aromatic N) is 2. The number of piperidine rings is 1. The molecule has 1 aromatic carbocycles. The summed E-state index contributed by atoms with van der Waals surface area (Å²) < 4.78 is 5.54. The molecule has 2 rings (SSSR count). The Bertz CT molecular complexity index is 471. The Hall–Kier alpha value is -1.82. The van der Waals surface area contributed by atoms with Crippen molar-refractivity contribution in [2.75, 3.05) is 24.6 Å². The van der Waals surface area contributed by atoms with Crippen molar-refractivity contribution in [3.05, 3.63) is 28.3 Å². The predicted octanol–water partition coefficient (Wildman–Crippen LogP) is 2.31. The van der Waals surface area contributed by atoms with Crippen molar-refractivity contribution in [2.45, 2.75) is 32.2 Å². The highest BCUT2D eigenvalue weighted by molar-refractivity contribution is 5.58. The van der Waals surface area contributed by atoms with Gasteiger partial charge in [-0.15, -0.1) is 0 Å². The summed E-state index contributed by atoms with van der Waals surface area (Å²) in [7, 11) is 0. The Morgan fingerprint density at radius 1 is 1.40 bits per heavy atom. The summed E-state index contributed by atoms with van der Waals surface area (Å²) in [6, 6.07) is 5.20. The van der Waals surface area contributed by atoms with Gasteiger partial charge >= 0.3 is 0 Å². The van der Waals surface area contributed by atoms with E-state index in [0.717, 1.165) is 38.0 Å². The van der Waals surface area contributed by atoms with Crippen molar-refractivity contribution in [3.8, 4) is 5.75 Å². The van der Waals surface area contributed by atoms with E-state index in [-0.39, 0.29) is 16.7 Å². The third-order valence-corrected chi connectivity index (χ3v) is 3.46. The fraction of sp³-hybridized carbons (Fsp3) is 0.571. The first-order valence-electron chi connectivity index (χ1n) is 7.03. The minimum atomic E-state index is -0.377. The molecule has 6 nitrogen and oxygen atoms in total. The highest BCUT2D eigenvalue weighted by Gasteiger charge is 2.19. The maximum atomic E-state index is 11.0. The van der Waals surface area contributed by atoms with Crippen LogP contribution in [0.25, 0.3) is 0 Å². The molecule has 2 N–H and O–H groups in total. The Kier molecular flexibility index (Phi) is 4.79. The van der Waals surface area contributed by atoms with E-state index < -0.39 is 0 Å². The lowest BCUT2D eigenvalue weighted by Gasteiger charge is -2.32. The molecule has 0 amide bonds. The number of nitro groups is 1. The monoisotopic (exact) mass is 279 g/mol. The van der Waals surface area contributed by atoms with E-state index in [9.17, 15) is 10.1 Å². The molecule has 110 valence electrons. The van der Waals surface area contributed by atoms with Crippen molar-refractivity contribution >= 4 is 11.4 Å². The fourth-order valence-electron chi connectivity index (χ4n) is 2.32. The number of anilines is 1. The predicted molar refractivity (Wildman–Crippen MR) is 78.3 cm³/mol. The molecule has 1 fully saturated rings. The summed E-state index contributed by atoms with van der Waals surface area (Å²) in [6.07, 6.45) is 2.69. The van der Waals surface area contributed by atoms with Crippen molar-refractivity contribution in [3.63, 3.8) is 0 Å². The molecule has 0 bridgehead atoms. The largest absolute Gasteiger partial charge is 0.493 e. The van der Waals surface area contributed by atoms with Gasteiger partial charge in [0, 0.05) is 37.0 Å². The zero-order valence-electron chi connectivity index (χ0n) is 11.7. The van der Waals surface area contributed by atoms with Crippen molar-refractivity contribution < 1.29 is 9.66 Å². The molecular formula is C14H21N3O3. The molecule has 1 saturated heterocycles. The van der Waals surface area contributed by atoms with Gasteiger partial charge in [-0.25, -0.2) is 0 Å². The highest BCUT2D eigenvalue weighted by atomic mass is 16.6.